The van der Waals surface area contributed by atoms with Crippen molar-refractivity contribution in [2.24, 2.45) is 5.73 Å². The van der Waals surface area contributed by atoms with Gasteiger partial charge in [0, 0.05) is 18.7 Å². The normalized spacial score (nSPS) is 10.2. The lowest BCUT2D eigenvalue weighted by Gasteiger charge is -2.22. The fraction of sp³-hybridized carbons (Fsp3) is 0.222. The molecule has 0 unspecified atom stereocenters. The molecule has 2 aromatic carbocycles. The maximum atomic E-state index is 13.1. The number of benzene rings is 2. The molecule has 0 aromatic heterocycles. The number of anilines is 1. The molecule has 2 N–H and O–H groups in total. The number of methoxy groups -OCH3 is 1. The number of amides is 2. The molecular formula is C18H19FN2O4. The number of halogens is 1. The minimum atomic E-state index is -0.531. The van der Waals surface area contributed by atoms with E-state index in [0.29, 0.717) is 17.2 Å². The molecule has 6 nitrogen and oxygen atoms in total. The molecule has 0 heterocycles. The van der Waals surface area contributed by atoms with Crippen molar-refractivity contribution in [3.8, 4) is 11.5 Å². The van der Waals surface area contributed by atoms with Gasteiger partial charge in [-0.3, -0.25) is 9.59 Å². The molecule has 0 saturated heterocycles. The SMILES string of the molecule is COc1ccc(OCC(=O)N(CCC(N)=O)c2ccc(F)cc2)cc1. The van der Waals surface area contributed by atoms with Crippen molar-refractivity contribution in [1.82, 2.24) is 0 Å². The molecule has 0 atom stereocenters. The number of carbonyl (C=O) groups excluding carboxylic acids is 2. The van der Waals surface area contributed by atoms with Crippen LogP contribution in [0.3, 0.4) is 0 Å². The van der Waals surface area contributed by atoms with Crippen LogP contribution in [0.1, 0.15) is 6.42 Å². The second-order valence-corrected chi connectivity index (χ2v) is 5.20. The number of primary amides is 1. The number of rotatable bonds is 8. The Morgan fingerprint density at radius 2 is 1.64 bits per heavy atom. The molecule has 0 radical (unpaired) electrons. The van der Waals surface area contributed by atoms with Crippen LogP contribution in [0.15, 0.2) is 48.5 Å². The van der Waals surface area contributed by atoms with Crippen molar-refractivity contribution in [1.29, 1.82) is 0 Å². The van der Waals surface area contributed by atoms with Crippen molar-refractivity contribution >= 4 is 17.5 Å². The zero-order valence-corrected chi connectivity index (χ0v) is 13.8. The Hall–Kier alpha value is -3.09. The molecule has 0 aliphatic carbocycles. The van der Waals surface area contributed by atoms with Crippen LogP contribution in [-0.4, -0.2) is 32.1 Å². The maximum Gasteiger partial charge on any atom is 0.264 e. The first-order valence-electron chi connectivity index (χ1n) is 7.60. The van der Waals surface area contributed by atoms with Gasteiger partial charge in [0.2, 0.25) is 5.91 Å². The smallest absolute Gasteiger partial charge is 0.264 e. The standard InChI is InChI=1S/C18H19FN2O4/c1-24-15-6-8-16(9-7-15)25-12-18(23)21(11-10-17(20)22)14-4-2-13(19)3-5-14/h2-9H,10-12H2,1H3,(H2,20,22). The van der Waals surface area contributed by atoms with Crippen LogP contribution < -0.4 is 20.1 Å². The predicted molar refractivity (Wildman–Crippen MR) is 91.1 cm³/mol. The Bertz CT molecular complexity index is 717. The molecule has 0 spiro atoms. The molecule has 7 heteroatoms. The van der Waals surface area contributed by atoms with Gasteiger partial charge in [0.15, 0.2) is 6.61 Å². The molecule has 2 amide bonds. The average Bonchev–Trinajstić information content (AvgIpc) is 2.61. The number of nitrogens with two attached hydrogens (primary N) is 1. The fourth-order valence-corrected chi connectivity index (χ4v) is 2.14. The monoisotopic (exact) mass is 346 g/mol. The quantitative estimate of drug-likeness (QED) is 0.794. The first-order valence-corrected chi connectivity index (χ1v) is 7.60. The number of carbonyl (C=O) groups is 2. The lowest BCUT2D eigenvalue weighted by molar-refractivity contribution is -0.120. The number of hydrogen-bond donors (Lipinski definition) is 1. The van der Waals surface area contributed by atoms with E-state index < -0.39 is 11.7 Å². The van der Waals surface area contributed by atoms with Crippen LogP contribution in [0, 0.1) is 5.82 Å². The third kappa shape index (κ3) is 5.49. The minimum absolute atomic E-state index is 0.00828. The van der Waals surface area contributed by atoms with Gasteiger partial charge >= 0.3 is 0 Å². The summed E-state index contributed by atoms with van der Waals surface area (Å²) in [4.78, 5) is 24.8. The Morgan fingerprint density at radius 1 is 1.04 bits per heavy atom. The molecule has 25 heavy (non-hydrogen) atoms. The highest BCUT2D eigenvalue weighted by atomic mass is 19.1. The molecule has 2 rings (SSSR count). The van der Waals surface area contributed by atoms with Crippen molar-refractivity contribution in [2.75, 3.05) is 25.2 Å². The molecule has 132 valence electrons. The Labute approximate surface area is 144 Å². The van der Waals surface area contributed by atoms with E-state index in [1.807, 2.05) is 0 Å². The summed E-state index contributed by atoms with van der Waals surface area (Å²) in [6.07, 6.45) is -0.00828. The summed E-state index contributed by atoms with van der Waals surface area (Å²) in [6.45, 7) is -0.145. The number of hydrogen-bond acceptors (Lipinski definition) is 4. The maximum absolute atomic E-state index is 13.1. The van der Waals surface area contributed by atoms with Crippen LogP contribution in [-0.2, 0) is 9.59 Å². The van der Waals surface area contributed by atoms with Gasteiger partial charge in [-0.25, -0.2) is 4.39 Å². The van der Waals surface area contributed by atoms with E-state index in [1.165, 1.54) is 29.2 Å². The van der Waals surface area contributed by atoms with Crippen LogP contribution in [0.4, 0.5) is 10.1 Å². The second-order valence-electron chi connectivity index (χ2n) is 5.20. The van der Waals surface area contributed by atoms with Gasteiger partial charge in [0.25, 0.3) is 5.91 Å². The van der Waals surface area contributed by atoms with E-state index in [-0.39, 0.29) is 25.5 Å². The molecular weight excluding hydrogens is 327 g/mol. The summed E-state index contributed by atoms with van der Waals surface area (Å²) in [7, 11) is 1.55. The Morgan fingerprint density at radius 3 is 2.20 bits per heavy atom. The Balaban J connectivity index is 2.05. The van der Waals surface area contributed by atoms with Gasteiger partial charge in [-0.15, -0.1) is 0 Å². The summed E-state index contributed by atoms with van der Waals surface area (Å²) >= 11 is 0. The van der Waals surface area contributed by atoms with E-state index in [0.717, 1.165) is 0 Å². The highest BCUT2D eigenvalue weighted by molar-refractivity contribution is 5.95. The summed E-state index contributed by atoms with van der Waals surface area (Å²) < 4.78 is 23.6. The third-order valence-electron chi connectivity index (χ3n) is 3.44. The lowest BCUT2D eigenvalue weighted by Crippen LogP contribution is -2.37. The molecule has 2 aromatic rings. The second kappa shape index (κ2) is 8.68. The summed E-state index contributed by atoms with van der Waals surface area (Å²) in [5.74, 6) is -0.142. The highest BCUT2D eigenvalue weighted by Crippen LogP contribution is 2.19. The molecule has 0 saturated carbocycles. The van der Waals surface area contributed by atoms with Crippen molar-refractivity contribution in [2.45, 2.75) is 6.42 Å². The summed E-state index contributed by atoms with van der Waals surface area (Å²) in [5.41, 5.74) is 5.62. The van der Waals surface area contributed by atoms with Gasteiger partial charge in [-0.2, -0.15) is 0 Å². The fourth-order valence-electron chi connectivity index (χ4n) is 2.14. The highest BCUT2D eigenvalue weighted by Gasteiger charge is 2.17. The topological polar surface area (TPSA) is 81.9 Å². The van der Waals surface area contributed by atoms with Crippen molar-refractivity contribution in [3.63, 3.8) is 0 Å². The van der Waals surface area contributed by atoms with E-state index in [9.17, 15) is 14.0 Å². The van der Waals surface area contributed by atoms with E-state index in [4.69, 9.17) is 15.2 Å². The molecule has 0 fully saturated rings. The van der Waals surface area contributed by atoms with Gasteiger partial charge in [-0.05, 0) is 48.5 Å². The average molecular weight is 346 g/mol. The zero-order chi connectivity index (χ0) is 18.2. The summed E-state index contributed by atoms with van der Waals surface area (Å²) in [5, 5.41) is 0. The summed E-state index contributed by atoms with van der Waals surface area (Å²) in [6, 6.07) is 12.2. The molecule has 0 bridgehead atoms. The van der Waals surface area contributed by atoms with Gasteiger partial charge in [0.1, 0.15) is 17.3 Å². The zero-order valence-electron chi connectivity index (χ0n) is 13.8. The molecule has 0 aliphatic heterocycles. The minimum Gasteiger partial charge on any atom is -0.497 e. The van der Waals surface area contributed by atoms with E-state index >= 15 is 0 Å². The van der Waals surface area contributed by atoms with Crippen LogP contribution >= 0.6 is 0 Å². The van der Waals surface area contributed by atoms with Gasteiger partial charge in [0.05, 0.1) is 7.11 Å². The first-order chi connectivity index (χ1) is 12.0. The van der Waals surface area contributed by atoms with Crippen LogP contribution in [0.5, 0.6) is 11.5 Å². The number of nitrogens with zero attached hydrogens (tertiary/aromatic N) is 1. The predicted octanol–water partition coefficient (Wildman–Crippen LogP) is 2.12. The van der Waals surface area contributed by atoms with Crippen LogP contribution in [0.2, 0.25) is 0 Å². The third-order valence-corrected chi connectivity index (χ3v) is 3.44. The number of ether oxygens (including phenoxy) is 2. The largest absolute Gasteiger partial charge is 0.497 e. The van der Waals surface area contributed by atoms with Gasteiger partial charge < -0.3 is 20.1 Å². The lowest BCUT2D eigenvalue weighted by atomic mass is 10.2. The van der Waals surface area contributed by atoms with Crippen LogP contribution in [0.25, 0.3) is 0 Å². The molecule has 0 aliphatic rings. The van der Waals surface area contributed by atoms with E-state index in [2.05, 4.69) is 0 Å². The van der Waals surface area contributed by atoms with Crippen molar-refractivity contribution < 1.29 is 23.5 Å². The van der Waals surface area contributed by atoms with E-state index in [1.54, 1.807) is 31.4 Å². The van der Waals surface area contributed by atoms with Gasteiger partial charge in [-0.1, -0.05) is 0 Å². The Kier molecular flexibility index (Phi) is 6.33. The first kappa shape index (κ1) is 18.3. The van der Waals surface area contributed by atoms with Crippen molar-refractivity contribution in [3.05, 3.63) is 54.3 Å².